The highest BCUT2D eigenvalue weighted by Gasteiger charge is 2.30. The van der Waals surface area contributed by atoms with E-state index in [9.17, 15) is 9.90 Å². The molecule has 34 heavy (non-hydrogen) atoms. The third kappa shape index (κ3) is 3.81. The van der Waals surface area contributed by atoms with Gasteiger partial charge in [-0.1, -0.05) is 12.1 Å². The molecule has 4 heterocycles. The molecule has 0 aliphatic carbocycles. The monoisotopic (exact) mass is 473 g/mol. The summed E-state index contributed by atoms with van der Waals surface area (Å²) in [6, 6.07) is 9.30. The zero-order valence-electron chi connectivity index (χ0n) is 19.2. The predicted molar refractivity (Wildman–Crippen MR) is 132 cm³/mol. The maximum absolute atomic E-state index is 11.4. The third-order valence-electron chi connectivity index (χ3n) is 5.66. The minimum Gasteiger partial charge on any atom is -0.506 e. The van der Waals surface area contributed by atoms with Crippen molar-refractivity contribution in [1.82, 2.24) is 19.7 Å². The number of anilines is 2. The number of hydrogen-bond acceptors (Lipinski definition) is 8. The van der Waals surface area contributed by atoms with E-state index in [0.29, 0.717) is 12.5 Å². The standard InChI is InChI=1S/C24H23N7O2S/c1-13-14(2)34-23-21(13)22(18-5-7-19(8-6-18)26-16(4)32)29-30(24-28-27-15(3)31(23)24)12-17-9-20(33)11-25-10-17/h5-11,33H,12H2,1-4H3,(H,26,32). The Balaban J connectivity index is 1.69. The molecule has 0 radical (unpaired) electrons. The van der Waals surface area contributed by atoms with Crippen molar-refractivity contribution in [3.8, 4) is 10.8 Å². The number of fused-ring (bicyclic) bond motifs is 3. The number of thiophene rings is 1. The highest BCUT2D eigenvalue weighted by Crippen LogP contribution is 2.38. The van der Waals surface area contributed by atoms with Crippen molar-refractivity contribution < 1.29 is 9.90 Å². The number of aromatic nitrogens is 4. The van der Waals surface area contributed by atoms with Crippen LogP contribution in [0.2, 0.25) is 0 Å². The van der Waals surface area contributed by atoms with Crippen molar-refractivity contribution >= 4 is 34.6 Å². The number of nitrogens with zero attached hydrogens (tertiary/aromatic N) is 6. The van der Waals surface area contributed by atoms with Gasteiger partial charge in [-0.2, -0.15) is 5.10 Å². The van der Waals surface area contributed by atoms with E-state index in [1.807, 2.05) is 35.8 Å². The number of amides is 1. The number of aromatic hydroxyl groups is 1. The van der Waals surface area contributed by atoms with Crippen LogP contribution in [0.25, 0.3) is 5.00 Å². The largest absolute Gasteiger partial charge is 0.506 e. The van der Waals surface area contributed by atoms with Crippen LogP contribution in [0.3, 0.4) is 0 Å². The Morgan fingerprint density at radius 1 is 1.12 bits per heavy atom. The highest BCUT2D eigenvalue weighted by atomic mass is 32.1. The molecule has 0 saturated carbocycles. The first kappa shape index (κ1) is 21.8. The Hall–Kier alpha value is -4.05. The number of carbonyl (C=O) groups is 1. The van der Waals surface area contributed by atoms with Gasteiger partial charge >= 0.3 is 0 Å². The molecule has 9 nitrogen and oxygen atoms in total. The van der Waals surface area contributed by atoms with Crippen molar-refractivity contribution in [1.29, 1.82) is 0 Å². The molecule has 0 spiro atoms. The molecule has 4 aromatic rings. The van der Waals surface area contributed by atoms with E-state index >= 15 is 0 Å². The summed E-state index contributed by atoms with van der Waals surface area (Å²) in [5.74, 6) is 1.32. The molecule has 172 valence electrons. The van der Waals surface area contributed by atoms with Gasteiger partial charge in [-0.05, 0) is 50.1 Å². The Morgan fingerprint density at radius 2 is 1.88 bits per heavy atom. The van der Waals surface area contributed by atoms with E-state index in [0.717, 1.165) is 44.5 Å². The van der Waals surface area contributed by atoms with Gasteiger partial charge in [-0.3, -0.25) is 14.3 Å². The molecule has 2 N–H and O–H groups in total. The van der Waals surface area contributed by atoms with Gasteiger partial charge in [0, 0.05) is 34.8 Å². The average Bonchev–Trinajstić information content (AvgIpc) is 3.26. The molecule has 1 aromatic carbocycles. The second-order valence-electron chi connectivity index (χ2n) is 8.16. The predicted octanol–water partition coefficient (Wildman–Crippen LogP) is 4.09. The summed E-state index contributed by atoms with van der Waals surface area (Å²) in [7, 11) is 0. The lowest BCUT2D eigenvalue weighted by Gasteiger charge is -2.18. The van der Waals surface area contributed by atoms with Gasteiger partial charge < -0.3 is 10.4 Å². The minimum absolute atomic E-state index is 0.0910. The molecular weight excluding hydrogens is 450 g/mol. The number of hydrazone groups is 1. The number of hydrogen-bond donors (Lipinski definition) is 2. The van der Waals surface area contributed by atoms with E-state index in [4.69, 9.17) is 5.10 Å². The fourth-order valence-corrected chi connectivity index (χ4v) is 5.18. The smallest absolute Gasteiger partial charge is 0.253 e. The van der Waals surface area contributed by atoms with Crippen molar-refractivity contribution in [2.24, 2.45) is 5.10 Å². The molecule has 3 aromatic heterocycles. The number of nitrogens with one attached hydrogen (secondary N) is 1. The normalized spacial score (nSPS) is 12.6. The number of benzene rings is 1. The van der Waals surface area contributed by atoms with Crippen LogP contribution >= 0.6 is 11.3 Å². The molecule has 1 amide bonds. The molecule has 0 bridgehead atoms. The van der Waals surface area contributed by atoms with Crippen LogP contribution in [-0.2, 0) is 11.3 Å². The van der Waals surface area contributed by atoms with Crippen LogP contribution in [0, 0.1) is 20.8 Å². The maximum Gasteiger partial charge on any atom is 0.253 e. The third-order valence-corrected chi connectivity index (χ3v) is 6.85. The van der Waals surface area contributed by atoms with E-state index in [1.54, 1.807) is 28.6 Å². The van der Waals surface area contributed by atoms with Gasteiger partial charge in [0.05, 0.1) is 12.7 Å². The number of carbonyl (C=O) groups excluding carboxylic acids is 1. The van der Waals surface area contributed by atoms with Crippen LogP contribution < -0.4 is 10.3 Å². The molecule has 0 atom stereocenters. The topological polar surface area (TPSA) is 109 Å². The second kappa shape index (κ2) is 8.38. The zero-order chi connectivity index (χ0) is 24.0. The number of pyridine rings is 1. The van der Waals surface area contributed by atoms with Gasteiger partial charge in [0.25, 0.3) is 5.95 Å². The zero-order valence-corrected chi connectivity index (χ0v) is 20.0. The van der Waals surface area contributed by atoms with Gasteiger partial charge in [-0.15, -0.1) is 21.5 Å². The summed E-state index contributed by atoms with van der Waals surface area (Å²) in [6.07, 6.45) is 3.09. The fourth-order valence-electron chi connectivity index (χ4n) is 3.97. The summed E-state index contributed by atoms with van der Waals surface area (Å²) in [4.78, 5) is 16.7. The lowest BCUT2D eigenvalue weighted by molar-refractivity contribution is -0.114. The molecule has 0 saturated heterocycles. The molecular formula is C24H23N7O2S. The Kier molecular flexibility index (Phi) is 5.37. The van der Waals surface area contributed by atoms with Gasteiger partial charge in [0.2, 0.25) is 5.91 Å². The van der Waals surface area contributed by atoms with Crippen LogP contribution in [0.1, 0.15) is 39.9 Å². The van der Waals surface area contributed by atoms with Crippen LogP contribution in [0.15, 0.2) is 47.8 Å². The number of aryl methyl sites for hydroxylation is 2. The summed E-state index contributed by atoms with van der Waals surface area (Å²) in [5, 5.41) is 29.3. The van der Waals surface area contributed by atoms with Gasteiger partial charge in [-0.25, -0.2) is 5.01 Å². The van der Waals surface area contributed by atoms with E-state index < -0.39 is 0 Å². The SMILES string of the molecule is CC(=O)Nc1ccc(C2=NN(Cc3cncc(O)c3)c3nnc(C)n3-c3sc(C)c(C)c32)cc1. The highest BCUT2D eigenvalue weighted by molar-refractivity contribution is 7.15. The van der Waals surface area contributed by atoms with Crippen molar-refractivity contribution in [3.05, 3.63) is 75.7 Å². The summed E-state index contributed by atoms with van der Waals surface area (Å²) in [5.41, 5.74) is 5.38. The lowest BCUT2D eigenvalue weighted by Crippen LogP contribution is -2.20. The van der Waals surface area contributed by atoms with Crippen molar-refractivity contribution in [2.45, 2.75) is 34.2 Å². The average molecular weight is 474 g/mol. The Bertz CT molecular complexity index is 1440. The van der Waals surface area contributed by atoms with E-state index in [-0.39, 0.29) is 11.7 Å². The summed E-state index contributed by atoms with van der Waals surface area (Å²) < 4.78 is 2.03. The van der Waals surface area contributed by atoms with Crippen LogP contribution in [0.5, 0.6) is 5.75 Å². The van der Waals surface area contributed by atoms with Crippen molar-refractivity contribution in [2.75, 3.05) is 10.3 Å². The first-order chi connectivity index (χ1) is 16.3. The molecule has 1 aliphatic heterocycles. The van der Waals surface area contributed by atoms with Crippen molar-refractivity contribution in [3.63, 3.8) is 0 Å². The van der Waals surface area contributed by atoms with Gasteiger partial charge in [0.15, 0.2) is 0 Å². The minimum atomic E-state index is -0.120. The van der Waals surface area contributed by atoms with E-state index in [1.165, 1.54) is 18.0 Å². The second-order valence-corrected chi connectivity index (χ2v) is 9.37. The van der Waals surface area contributed by atoms with Crippen LogP contribution in [-0.4, -0.2) is 36.5 Å². The summed E-state index contributed by atoms with van der Waals surface area (Å²) in [6.45, 7) is 7.95. The number of rotatable bonds is 4. The van der Waals surface area contributed by atoms with Crippen LogP contribution in [0.4, 0.5) is 11.6 Å². The Morgan fingerprint density at radius 3 is 2.59 bits per heavy atom. The summed E-state index contributed by atoms with van der Waals surface area (Å²) >= 11 is 1.68. The molecule has 10 heteroatoms. The lowest BCUT2D eigenvalue weighted by atomic mass is 10.00. The quantitative estimate of drug-likeness (QED) is 0.462. The first-order valence-corrected chi connectivity index (χ1v) is 11.5. The van der Waals surface area contributed by atoms with E-state index in [2.05, 4.69) is 34.3 Å². The maximum atomic E-state index is 11.4. The molecule has 1 aliphatic rings. The molecule has 0 fully saturated rings. The Labute approximate surface area is 200 Å². The fraction of sp³-hybridized carbons (Fsp3) is 0.208. The molecule has 0 unspecified atom stereocenters. The first-order valence-electron chi connectivity index (χ1n) is 10.7. The molecule has 5 rings (SSSR count). The van der Waals surface area contributed by atoms with Gasteiger partial charge in [0.1, 0.15) is 22.3 Å².